The summed E-state index contributed by atoms with van der Waals surface area (Å²) in [6.07, 6.45) is 3.11. The molecule has 3 unspecified atom stereocenters. The lowest BCUT2D eigenvalue weighted by Gasteiger charge is -2.16. The van der Waals surface area contributed by atoms with Gasteiger partial charge in [0.25, 0.3) is 5.91 Å². The van der Waals surface area contributed by atoms with Gasteiger partial charge < -0.3 is 9.47 Å². The highest BCUT2D eigenvalue weighted by Crippen LogP contribution is 2.46. The molecule has 6 rings (SSSR count). The summed E-state index contributed by atoms with van der Waals surface area (Å²) in [5.41, 5.74) is 5.88. The molecule has 2 aliphatic carbocycles. The Bertz CT molecular complexity index is 1310. The van der Waals surface area contributed by atoms with Gasteiger partial charge in [-0.3, -0.25) is 9.52 Å². The Kier molecular flexibility index (Phi) is 4.43. The van der Waals surface area contributed by atoms with Gasteiger partial charge in [-0.05, 0) is 65.4 Å². The molecule has 3 aromatic rings. The third-order valence-corrected chi connectivity index (χ3v) is 7.52. The Morgan fingerprint density at radius 3 is 2.53 bits per heavy atom. The maximum atomic E-state index is 12.0. The molecule has 1 amide bonds. The molecule has 0 aromatic heterocycles. The molecule has 3 aliphatic rings. The van der Waals surface area contributed by atoms with Crippen molar-refractivity contribution in [2.45, 2.75) is 31.8 Å². The molecule has 5 nitrogen and oxygen atoms in total. The number of carbonyl (C=O) groups is 1. The van der Waals surface area contributed by atoms with Gasteiger partial charge in [0, 0.05) is 17.6 Å². The van der Waals surface area contributed by atoms with Crippen LogP contribution < -0.4 is 14.2 Å². The normalized spacial score (nSPS) is 22.6. The molecule has 0 saturated heterocycles. The van der Waals surface area contributed by atoms with Crippen LogP contribution in [0.25, 0.3) is 4.91 Å². The predicted octanol–water partition coefficient (Wildman–Crippen LogP) is 5.14. The molecular weight excluding hydrogens is 422 g/mol. The third kappa shape index (κ3) is 3.31. The van der Waals surface area contributed by atoms with Crippen molar-refractivity contribution in [1.29, 1.82) is 0 Å². The summed E-state index contributed by atoms with van der Waals surface area (Å²) < 4.78 is 26.9. The smallest absolute Gasteiger partial charge is 0.257 e. The molecule has 160 valence electrons. The molecular formula is C26H21NO4S. The molecule has 32 heavy (non-hydrogen) atoms. The van der Waals surface area contributed by atoms with Crippen LogP contribution >= 0.6 is 0 Å². The molecule has 0 fully saturated rings. The molecule has 1 heterocycles. The number of amides is 1. The first kappa shape index (κ1) is 19.3. The predicted molar refractivity (Wildman–Crippen MR) is 123 cm³/mol. The lowest BCUT2D eigenvalue weighted by atomic mass is 10.1. The van der Waals surface area contributed by atoms with Crippen LogP contribution in [0.2, 0.25) is 0 Å². The number of carbonyl (C=O) groups excluding carboxylic acids is 1. The van der Waals surface area contributed by atoms with Crippen LogP contribution in [0.5, 0.6) is 17.2 Å². The SMILES string of the molecule is CC1c2ccc(Oc3cccc4c3CCC4Oc3ccc(C4=CC(=O)NS4=O)cc3)cc21. The molecule has 0 spiro atoms. The summed E-state index contributed by atoms with van der Waals surface area (Å²) in [5.74, 6) is 2.74. The van der Waals surface area contributed by atoms with Crippen molar-refractivity contribution >= 4 is 21.8 Å². The highest BCUT2D eigenvalue weighted by atomic mass is 32.2. The second-order valence-electron chi connectivity index (χ2n) is 8.35. The summed E-state index contributed by atoms with van der Waals surface area (Å²) in [6.45, 7) is 2.21. The Labute approximate surface area is 188 Å². The van der Waals surface area contributed by atoms with Crippen molar-refractivity contribution in [3.63, 3.8) is 0 Å². The lowest BCUT2D eigenvalue weighted by Crippen LogP contribution is -2.16. The largest absolute Gasteiger partial charge is 0.486 e. The van der Waals surface area contributed by atoms with Crippen molar-refractivity contribution in [2.75, 3.05) is 0 Å². The van der Waals surface area contributed by atoms with E-state index in [1.165, 1.54) is 22.8 Å². The van der Waals surface area contributed by atoms with Gasteiger partial charge in [-0.1, -0.05) is 37.3 Å². The summed E-state index contributed by atoms with van der Waals surface area (Å²) >= 11 is 0. The maximum Gasteiger partial charge on any atom is 0.257 e. The second-order valence-corrected chi connectivity index (χ2v) is 9.53. The van der Waals surface area contributed by atoms with E-state index >= 15 is 0 Å². The highest BCUT2D eigenvalue weighted by Gasteiger charge is 2.30. The minimum absolute atomic E-state index is 0.0453. The van der Waals surface area contributed by atoms with E-state index in [-0.39, 0.29) is 12.0 Å². The van der Waals surface area contributed by atoms with Crippen LogP contribution in [0.1, 0.15) is 53.2 Å². The Morgan fingerprint density at radius 2 is 1.78 bits per heavy atom. The Balaban J connectivity index is 1.19. The van der Waals surface area contributed by atoms with E-state index in [4.69, 9.17) is 9.47 Å². The van der Waals surface area contributed by atoms with Crippen molar-refractivity contribution < 1.29 is 18.5 Å². The fourth-order valence-electron chi connectivity index (χ4n) is 4.60. The number of hydrogen-bond acceptors (Lipinski definition) is 4. The van der Waals surface area contributed by atoms with Gasteiger partial charge in [-0.25, -0.2) is 4.21 Å². The number of benzene rings is 3. The molecule has 1 N–H and O–H groups in total. The van der Waals surface area contributed by atoms with Crippen LogP contribution in [-0.4, -0.2) is 10.1 Å². The summed E-state index contributed by atoms with van der Waals surface area (Å²) in [6, 6.07) is 19.9. The van der Waals surface area contributed by atoms with Crippen LogP contribution in [-0.2, 0) is 22.2 Å². The quantitative estimate of drug-likeness (QED) is 0.593. The first-order chi connectivity index (χ1) is 15.6. The van der Waals surface area contributed by atoms with E-state index in [0.29, 0.717) is 10.8 Å². The van der Waals surface area contributed by atoms with Gasteiger partial charge in [0.05, 0.1) is 4.91 Å². The fourth-order valence-corrected chi connectivity index (χ4v) is 5.51. The standard InChI is InChI=1S/C26H21NO4S/c1-15-19-10-9-18(13-22(15)19)31-23-4-2-3-20-21(23)11-12-24(20)30-17-7-5-16(6-8-17)25-14-26(28)27-32(25)29/h2-10,13-15,24H,11-12H2,1H3,(H,27,28). The molecule has 1 aliphatic heterocycles. The van der Waals surface area contributed by atoms with Gasteiger partial charge in [0.15, 0.2) is 11.0 Å². The van der Waals surface area contributed by atoms with Crippen LogP contribution in [0.3, 0.4) is 0 Å². The van der Waals surface area contributed by atoms with Gasteiger partial charge in [0.2, 0.25) is 0 Å². The van der Waals surface area contributed by atoms with Crippen LogP contribution in [0, 0.1) is 0 Å². The average molecular weight is 444 g/mol. The van der Waals surface area contributed by atoms with E-state index in [9.17, 15) is 9.00 Å². The number of ether oxygens (including phenoxy) is 2. The van der Waals surface area contributed by atoms with Crippen molar-refractivity contribution in [1.82, 2.24) is 4.72 Å². The van der Waals surface area contributed by atoms with Gasteiger partial charge in [-0.2, -0.15) is 0 Å². The van der Waals surface area contributed by atoms with E-state index in [0.717, 1.165) is 41.2 Å². The van der Waals surface area contributed by atoms with E-state index < -0.39 is 11.0 Å². The highest BCUT2D eigenvalue weighted by molar-refractivity contribution is 7.93. The topological polar surface area (TPSA) is 64.6 Å². The minimum Gasteiger partial charge on any atom is -0.486 e. The zero-order chi connectivity index (χ0) is 21.8. The van der Waals surface area contributed by atoms with Gasteiger partial charge in [-0.15, -0.1) is 0 Å². The lowest BCUT2D eigenvalue weighted by molar-refractivity contribution is -0.114. The zero-order valence-electron chi connectivity index (χ0n) is 17.5. The van der Waals surface area contributed by atoms with Crippen molar-refractivity contribution in [2.24, 2.45) is 0 Å². The summed E-state index contributed by atoms with van der Waals surface area (Å²) in [4.78, 5) is 11.9. The first-order valence-corrected chi connectivity index (χ1v) is 11.9. The zero-order valence-corrected chi connectivity index (χ0v) is 18.3. The van der Waals surface area contributed by atoms with E-state index in [1.807, 2.05) is 42.5 Å². The number of nitrogens with one attached hydrogen (secondary N) is 1. The van der Waals surface area contributed by atoms with E-state index in [2.05, 4.69) is 29.8 Å². The van der Waals surface area contributed by atoms with Crippen molar-refractivity contribution in [3.05, 3.63) is 94.6 Å². The monoisotopic (exact) mass is 443 g/mol. The molecule has 0 radical (unpaired) electrons. The van der Waals surface area contributed by atoms with Crippen LogP contribution in [0.15, 0.2) is 66.7 Å². The number of hydrogen-bond donors (Lipinski definition) is 1. The van der Waals surface area contributed by atoms with E-state index in [1.54, 1.807) is 0 Å². The van der Waals surface area contributed by atoms with Crippen LogP contribution in [0.4, 0.5) is 0 Å². The fraction of sp³-hybridized carbons (Fsp3) is 0.192. The third-order valence-electron chi connectivity index (χ3n) is 6.38. The molecule has 6 heteroatoms. The Morgan fingerprint density at radius 1 is 0.969 bits per heavy atom. The first-order valence-electron chi connectivity index (χ1n) is 10.7. The summed E-state index contributed by atoms with van der Waals surface area (Å²) in [7, 11) is -1.50. The maximum absolute atomic E-state index is 12.0. The molecule has 3 atom stereocenters. The number of fused-ring (bicyclic) bond motifs is 2. The summed E-state index contributed by atoms with van der Waals surface area (Å²) in [5, 5.41) is 0. The average Bonchev–Trinajstić information content (AvgIpc) is 3.08. The Hall–Kier alpha value is -3.38. The second kappa shape index (κ2) is 7.35. The van der Waals surface area contributed by atoms with Gasteiger partial charge in [0.1, 0.15) is 23.4 Å². The molecule has 0 bridgehead atoms. The molecule has 3 aromatic carbocycles. The molecule has 0 saturated carbocycles. The number of rotatable bonds is 5. The van der Waals surface area contributed by atoms with Gasteiger partial charge >= 0.3 is 0 Å². The minimum atomic E-state index is -1.50. The van der Waals surface area contributed by atoms with Crippen molar-refractivity contribution in [3.8, 4) is 17.2 Å².